The van der Waals surface area contributed by atoms with Crippen LogP contribution in [-0.4, -0.2) is 11.1 Å². The zero-order valence-corrected chi connectivity index (χ0v) is 8.63. The van der Waals surface area contributed by atoms with Gasteiger partial charge < -0.3 is 5.11 Å². The summed E-state index contributed by atoms with van der Waals surface area (Å²) in [5.41, 5.74) is 0.365. The zero-order chi connectivity index (χ0) is 9.85. The Morgan fingerprint density at radius 3 is 2.38 bits per heavy atom. The van der Waals surface area contributed by atoms with Crippen molar-refractivity contribution in [1.29, 1.82) is 0 Å². The van der Waals surface area contributed by atoms with Crippen molar-refractivity contribution in [3.63, 3.8) is 0 Å². The standard InChI is InChI=1S/C11H18O2/c1-10(2)5-4-6-11(3)7(8(10)11)9(12)13/h7-8H,4-6H2,1-3H3,(H,12,13)/t7-,8+,11+/m1/s1. The maximum absolute atomic E-state index is 11.0. The molecule has 2 aliphatic carbocycles. The quantitative estimate of drug-likeness (QED) is 0.676. The third-order valence-corrected chi connectivity index (χ3v) is 4.29. The van der Waals surface area contributed by atoms with Crippen LogP contribution >= 0.6 is 0 Å². The molecule has 0 spiro atoms. The molecule has 0 aromatic carbocycles. The Kier molecular flexibility index (Phi) is 1.59. The minimum Gasteiger partial charge on any atom is -0.481 e. The van der Waals surface area contributed by atoms with E-state index in [0.717, 1.165) is 6.42 Å². The average molecular weight is 182 g/mol. The molecule has 0 bridgehead atoms. The lowest BCUT2D eigenvalue weighted by Gasteiger charge is -2.32. The van der Waals surface area contributed by atoms with E-state index in [1.807, 2.05) is 0 Å². The molecular formula is C11H18O2. The second-order valence-electron chi connectivity index (χ2n) is 5.64. The summed E-state index contributed by atoms with van der Waals surface area (Å²) in [6.07, 6.45) is 3.50. The molecule has 1 N–H and O–H groups in total. The van der Waals surface area contributed by atoms with Gasteiger partial charge >= 0.3 is 5.97 Å². The van der Waals surface area contributed by atoms with E-state index in [0.29, 0.717) is 5.92 Å². The van der Waals surface area contributed by atoms with Crippen molar-refractivity contribution in [1.82, 2.24) is 0 Å². The van der Waals surface area contributed by atoms with Crippen molar-refractivity contribution < 1.29 is 9.90 Å². The van der Waals surface area contributed by atoms with Gasteiger partial charge in [-0.15, -0.1) is 0 Å². The minimum atomic E-state index is -0.581. The van der Waals surface area contributed by atoms with Crippen molar-refractivity contribution in [2.24, 2.45) is 22.7 Å². The third kappa shape index (κ3) is 1.04. The Morgan fingerprint density at radius 2 is 1.92 bits per heavy atom. The average Bonchev–Trinajstić information content (AvgIpc) is 2.56. The van der Waals surface area contributed by atoms with Gasteiger partial charge in [-0.25, -0.2) is 0 Å². The Balaban J connectivity index is 2.26. The van der Waals surface area contributed by atoms with E-state index in [1.165, 1.54) is 12.8 Å². The van der Waals surface area contributed by atoms with E-state index >= 15 is 0 Å². The van der Waals surface area contributed by atoms with Crippen LogP contribution in [0.15, 0.2) is 0 Å². The summed E-state index contributed by atoms with van der Waals surface area (Å²) in [6, 6.07) is 0. The Bertz CT molecular complexity index is 257. The fraction of sp³-hybridized carbons (Fsp3) is 0.909. The highest BCUT2D eigenvalue weighted by molar-refractivity contribution is 5.76. The maximum Gasteiger partial charge on any atom is 0.307 e. The summed E-state index contributed by atoms with van der Waals surface area (Å²) >= 11 is 0. The summed E-state index contributed by atoms with van der Waals surface area (Å²) in [6.45, 7) is 6.59. The first-order chi connectivity index (χ1) is 5.89. The highest BCUT2D eigenvalue weighted by Crippen LogP contribution is 2.71. The molecule has 2 rings (SSSR count). The van der Waals surface area contributed by atoms with Gasteiger partial charge in [0, 0.05) is 0 Å². The normalized spacial score (nSPS) is 46.7. The van der Waals surface area contributed by atoms with E-state index in [4.69, 9.17) is 5.11 Å². The van der Waals surface area contributed by atoms with Gasteiger partial charge in [0.05, 0.1) is 5.92 Å². The Morgan fingerprint density at radius 1 is 1.31 bits per heavy atom. The molecule has 2 nitrogen and oxygen atoms in total. The molecule has 2 aliphatic rings. The lowest BCUT2D eigenvalue weighted by Crippen LogP contribution is -2.23. The van der Waals surface area contributed by atoms with E-state index in [1.54, 1.807) is 0 Å². The molecule has 0 radical (unpaired) electrons. The highest BCUT2D eigenvalue weighted by Gasteiger charge is 2.70. The molecular weight excluding hydrogens is 164 g/mol. The maximum atomic E-state index is 11.0. The molecule has 2 saturated carbocycles. The third-order valence-electron chi connectivity index (χ3n) is 4.29. The minimum absolute atomic E-state index is 0.0648. The molecule has 2 heteroatoms. The Hall–Kier alpha value is -0.530. The number of rotatable bonds is 1. The van der Waals surface area contributed by atoms with Crippen LogP contribution in [0.5, 0.6) is 0 Å². The van der Waals surface area contributed by atoms with Gasteiger partial charge in [-0.1, -0.05) is 27.2 Å². The molecule has 0 aliphatic heterocycles. The summed E-state index contributed by atoms with van der Waals surface area (Å²) in [4.78, 5) is 11.0. The number of carboxylic acid groups (broad SMARTS) is 1. The molecule has 3 atom stereocenters. The van der Waals surface area contributed by atoms with Crippen LogP contribution < -0.4 is 0 Å². The molecule has 2 fully saturated rings. The number of hydrogen-bond acceptors (Lipinski definition) is 1. The zero-order valence-electron chi connectivity index (χ0n) is 8.63. The first-order valence-corrected chi connectivity index (χ1v) is 5.12. The molecule has 0 heterocycles. The van der Waals surface area contributed by atoms with Crippen LogP contribution in [0, 0.1) is 22.7 Å². The van der Waals surface area contributed by atoms with Crippen molar-refractivity contribution in [2.45, 2.75) is 40.0 Å². The second-order valence-corrected chi connectivity index (χ2v) is 5.64. The lowest BCUT2D eigenvalue weighted by molar-refractivity contribution is -0.139. The monoisotopic (exact) mass is 182 g/mol. The number of fused-ring (bicyclic) bond motifs is 1. The first-order valence-electron chi connectivity index (χ1n) is 5.12. The van der Waals surface area contributed by atoms with Crippen LogP contribution in [0.4, 0.5) is 0 Å². The van der Waals surface area contributed by atoms with Gasteiger partial charge in [0.2, 0.25) is 0 Å². The van der Waals surface area contributed by atoms with E-state index < -0.39 is 5.97 Å². The van der Waals surface area contributed by atoms with Gasteiger partial charge in [-0.2, -0.15) is 0 Å². The smallest absolute Gasteiger partial charge is 0.307 e. The van der Waals surface area contributed by atoms with Crippen LogP contribution in [0.3, 0.4) is 0 Å². The van der Waals surface area contributed by atoms with Crippen molar-refractivity contribution >= 4 is 5.97 Å². The number of carboxylic acids is 1. The molecule has 13 heavy (non-hydrogen) atoms. The summed E-state index contributed by atoms with van der Waals surface area (Å²) in [7, 11) is 0. The van der Waals surface area contributed by atoms with Gasteiger partial charge in [0.15, 0.2) is 0 Å². The van der Waals surface area contributed by atoms with E-state index in [-0.39, 0.29) is 16.7 Å². The molecule has 74 valence electrons. The summed E-state index contributed by atoms with van der Waals surface area (Å²) in [5, 5.41) is 9.08. The summed E-state index contributed by atoms with van der Waals surface area (Å²) in [5.74, 6) is -0.223. The van der Waals surface area contributed by atoms with Crippen molar-refractivity contribution in [2.75, 3.05) is 0 Å². The van der Waals surface area contributed by atoms with Crippen LogP contribution in [0.25, 0.3) is 0 Å². The fourth-order valence-corrected chi connectivity index (χ4v) is 3.72. The fourth-order valence-electron chi connectivity index (χ4n) is 3.72. The predicted molar refractivity (Wildman–Crippen MR) is 50.4 cm³/mol. The van der Waals surface area contributed by atoms with Crippen molar-refractivity contribution in [3.8, 4) is 0 Å². The molecule has 0 aromatic heterocycles. The highest BCUT2D eigenvalue weighted by atomic mass is 16.4. The number of hydrogen-bond donors (Lipinski definition) is 1. The molecule has 0 saturated heterocycles. The van der Waals surface area contributed by atoms with E-state index in [9.17, 15) is 4.79 Å². The number of aliphatic carboxylic acids is 1. The van der Waals surface area contributed by atoms with Crippen LogP contribution in [-0.2, 0) is 4.79 Å². The van der Waals surface area contributed by atoms with Crippen LogP contribution in [0.2, 0.25) is 0 Å². The van der Waals surface area contributed by atoms with Crippen LogP contribution in [0.1, 0.15) is 40.0 Å². The molecule has 0 unspecified atom stereocenters. The predicted octanol–water partition coefficient (Wildman–Crippen LogP) is 2.53. The SMILES string of the molecule is CC1(C)CCC[C@@]2(C)[C@@H](C(=O)O)[C@@H]12. The van der Waals surface area contributed by atoms with Gasteiger partial charge in [0.1, 0.15) is 0 Å². The van der Waals surface area contributed by atoms with E-state index in [2.05, 4.69) is 20.8 Å². The Labute approximate surface area is 79.3 Å². The lowest BCUT2D eigenvalue weighted by atomic mass is 9.73. The number of carbonyl (C=O) groups is 1. The van der Waals surface area contributed by atoms with Crippen molar-refractivity contribution in [3.05, 3.63) is 0 Å². The first kappa shape index (κ1) is 9.04. The molecule has 0 amide bonds. The second kappa shape index (κ2) is 2.28. The van der Waals surface area contributed by atoms with Gasteiger partial charge in [-0.05, 0) is 29.6 Å². The largest absolute Gasteiger partial charge is 0.481 e. The molecule has 0 aromatic rings. The topological polar surface area (TPSA) is 37.3 Å². The van der Waals surface area contributed by atoms with Gasteiger partial charge in [0.25, 0.3) is 0 Å². The van der Waals surface area contributed by atoms with Gasteiger partial charge in [-0.3, -0.25) is 4.79 Å². The summed E-state index contributed by atoms with van der Waals surface area (Å²) < 4.78 is 0.